The lowest BCUT2D eigenvalue weighted by molar-refractivity contribution is 0.00886. The van der Waals surface area contributed by atoms with Gasteiger partial charge in [0.25, 0.3) is 11.8 Å². The minimum atomic E-state index is -3.64. The molecule has 0 bridgehead atoms. The van der Waals surface area contributed by atoms with Gasteiger partial charge in [-0.05, 0) is 150 Å². The van der Waals surface area contributed by atoms with E-state index in [1.807, 2.05) is 90.1 Å². The monoisotopic (exact) mass is 962 g/mol. The van der Waals surface area contributed by atoms with Crippen molar-refractivity contribution in [1.29, 1.82) is 0 Å². The molecule has 0 aromatic heterocycles. The second kappa shape index (κ2) is 24.3. The van der Waals surface area contributed by atoms with Gasteiger partial charge in [-0.25, -0.2) is 0 Å². The number of anilines is 4. The second-order valence-electron chi connectivity index (χ2n) is 14.5. The summed E-state index contributed by atoms with van der Waals surface area (Å²) >= 11 is 0. The molecule has 18 heteroatoms. The standard InChI is InChI=1S/C50H58N4O12Si2/c1-7-57-67(58-8-2,59-9-3)65-47-31-29-43(33-45(47)53-49(55)37-13-21-39(51)22-14-37)63-41-25-17-35(18-26-41)36-19-27-42(28-20-36)64-44-30-32-48(66-68(60-10-4,61-11-5)62-12-6)46(34-44)54-50(56)38-15-23-40(52)24-16-38/h13-34H,7-12,51-52H2,1-6H3,(H,53,55)(H,54,56). The quantitative estimate of drug-likeness (QED) is 0.0312. The average molecular weight is 963 g/mol. The number of rotatable bonds is 25. The molecule has 0 radical (unpaired) electrons. The maximum absolute atomic E-state index is 13.4. The molecule has 2 amide bonds. The van der Waals surface area contributed by atoms with Gasteiger partial charge in [0.1, 0.15) is 34.5 Å². The maximum atomic E-state index is 13.4. The van der Waals surface area contributed by atoms with Crippen LogP contribution in [-0.2, 0) is 26.6 Å². The Morgan fingerprint density at radius 3 is 1.00 bits per heavy atom. The molecule has 16 nitrogen and oxygen atoms in total. The molecule has 0 fully saturated rings. The van der Waals surface area contributed by atoms with Crippen molar-refractivity contribution in [3.63, 3.8) is 0 Å². The van der Waals surface area contributed by atoms with Crippen molar-refractivity contribution in [2.75, 3.05) is 61.7 Å². The molecule has 358 valence electrons. The van der Waals surface area contributed by atoms with Crippen molar-refractivity contribution in [1.82, 2.24) is 0 Å². The van der Waals surface area contributed by atoms with Crippen molar-refractivity contribution < 1.29 is 54.5 Å². The summed E-state index contributed by atoms with van der Waals surface area (Å²) in [5.74, 6) is 1.76. The number of ether oxygens (including phenoxy) is 2. The fraction of sp³-hybridized carbons (Fsp3) is 0.240. The van der Waals surface area contributed by atoms with E-state index in [0.29, 0.717) is 96.5 Å². The topological polar surface area (TPSA) is 203 Å². The van der Waals surface area contributed by atoms with Crippen LogP contribution < -0.4 is 40.4 Å². The number of nitrogens with two attached hydrogens (primary N) is 2. The Labute approximate surface area is 399 Å². The van der Waals surface area contributed by atoms with Crippen LogP contribution in [0.2, 0.25) is 0 Å². The third kappa shape index (κ3) is 13.7. The highest BCUT2D eigenvalue weighted by Crippen LogP contribution is 2.37. The minimum absolute atomic E-state index is 0.281. The minimum Gasteiger partial charge on any atom is -0.478 e. The van der Waals surface area contributed by atoms with Crippen LogP contribution in [0.25, 0.3) is 11.1 Å². The van der Waals surface area contributed by atoms with Crippen molar-refractivity contribution in [2.45, 2.75) is 41.5 Å². The summed E-state index contributed by atoms with van der Waals surface area (Å²) in [5, 5.41) is 5.87. The lowest BCUT2D eigenvalue weighted by Gasteiger charge is -2.28. The van der Waals surface area contributed by atoms with Crippen LogP contribution in [0.3, 0.4) is 0 Å². The van der Waals surface area contributed by atoms with E-state index in [-0.39, 0.29) is 23.3 Å². The molecule has 0 atom stereocenters. The molecule has 68 heavy (non-hydrogen) atoms. The third-order valence-electron chi connectivity index (χ3n) is 9.65. The zero-order valence-electron chi connectivity index (χ0n) is 39.0. The van der Waals surface area contributed by atoms with E-state index in [9.17, 15) is 9.59 Å². The predicted molar refractivity (Wildman–Crippen MR) is 265 cm³/mol. The summed E-state index contributed by atoms with van der Waals surface area (Å²) < 4.78 is 60.8. The predicted octanol–water partition coefficient (Wildman–Crippen LogP) is 10.5. The highest BCUT2D eigenvalue weighted by molar-refractivity contribution is 6.55. The highest BCUT2D eigenvalue weighted by Gasteiger charge is 2.49. The lowest BCUT2D eigenvalue weighted by atomic mass is 10.1. The molecule has 0 unspecified atom stereocenters. The Kier molecular flexibility index (Phi) is 18.1. The molecule has 6 aromatic carbocycles. The molecule has 6 aromatic rings. The van der Waals surface area contributed by atoms with Crippen molar-refractivity contribution in [3.8, 4) is 45.6 Å². The molecular formula is C50H58N4O12Si2. The SMILES string of the molecule is CCO[Si](OCC)(OCC)Oc1ccc(Oc2ccc(-c3ccc(Oc4ccc(O[Si](OCC)(OCC)OCC)c(NC(=O)c5ccc(N)cc5)c4)cc3)cc2)cc1NC(=O)c1ccc(N)cc1. The van der Waals surface area contributed by atoms with E-state index in [1.54, 1.807) is 84.9 Å². The summed E-state index contributed by atoms with van der Waals surface area (Å²) in [6.45, 7) is 12.7. The molecular weight excluding hydrogens is 905 g/mol. The van der Waals surface area contributed by atoms with Gasteiger partial charge in [-0.1, -0.05) is 24.3 Å². The van der Waals surface area contributed by atoms with Gasteiger partial charge >= 0.3 is 18.1 Å². The van der Waals surface area contributed by atoms with Gasteiger partial charge < -0.3 is 67.0 Å². The first kappa shape index (κ1) is 50.7. The largest absolute Gasteiger partial charge is 0.749 e. The van der Waals surface area contributed by atoms with E-state index in [0.717, 1.165) is 11.1 Å². The second-order valence-corrected chi connectivity index (χ2v) is 18.7. The van der Waals surface area contributed by atoms with Crippen LogP contribution in [0.1, 0.15) is 62.3 Å². The average Bonchev–Trinajstić information content (AvgIpc) is 3.32. The summed E-state index contributed by atoms with van der Waals surface area (Å²) in [6.07, 6.45) is 0. The summed E-state index contributed by atoms with van der Waals surface area (Å²) in [7, 11) is -7.29. The number of hydrogen-bond acceptors (Lipinski definition) is 14. The Morgan fingerprint density at radius 1 is 0.412 bits per heavy atom. The number of benzene rings is 6. The van der Waals surface area contributed by atoms with Crippen LogP contribution >= 0.6 is 0 Å². The van der Waals surface area contributed by atoms with Crippen molar-refractivity contribution >= 4 is 52.7 Å². The maximum Gasteiger partial charge on any atom is 0.749 e. The lowest BCUT2D eigenvalue weighted by Crippen LogP contribution is -2.52. The molecule has 0 saturated heterocycles. The van der Waals surface area contributed by atoms with Gasteiger partial charge in [0.05, 0.1) is 11.4 Å². The smallest absolute Gasteiger partial charge is 0.478 e. The summed E-state index contributed by atoms with van der Waals surface area (Å²) in [5.41, 5.74) is 16.1. The fourth-order valence-electron chi connectivity index (χ4n) is 6.64. The van der Waals surface area contributed by atoms with Crippen LogP contribution in [0.15, 0.2) is 133 Å². The van der Waals surface area contributed by atoms with Crippen LogP contribution in [0.5, 0.6) is 34.5 Å². The van der Waals surface area contributed by atoms with E-state index in [4.69, 9.17) is 56.3 Å². The van der Waals surface area contributed by atoms with Crippen molar-refractivity contribution in [3.05, 3.63) is 145 Å². The first-order valence-electron chi connectivity index (χ1n) is 22.3. The number of nitrogens with one attached hydrogen (secondary N) is 2. The third-order valence-corrected chi connectivity index (χ3v) is 14.4. The Balaban J connectivity index is 1.19. The van der Waals surface area contributed by atoms with Crippen LogP contribution in [0.4, 0.5) is 22.7 Å². The molecule has 6 rings (SSSR count). The Morgan fingerprint density at radius 2 is 0.706 bits per heavy atom. The first-order chi connectivity index (χ1) is 32.9. The number of amides is 2. The zero-order chi connectivity index (χ0) is 48.5. The van der Waals surface area contributed by atoms with E-state index < -0.39 is 18.1 Å². The Bertz CT molecular complexity index is 2360. The molecule has 0 heterocycles. The molecule has 0 saturated carbocycles. The van der Waals surface area contributed by atoms with Crippen molar-refractivity contribution in [2.24, 2.45) is 0 Å². The van der Waals surface area contributed by atoms with Gasteiger partial charge in [-0.2, -0.15) is 0 Å². The number of carbonyl (C=O) groups is 2. The molecule has 6 N–H and O–H groups in total. The normalized spacial score (nSPS) is 11.4. The summed E-state index contributed by atoms with van der Waals surface area (Å²) in [4.78, 5) is 26.8. The van der Waals surface area contributed by atoms with E-state index in [1.165, 1.54) is 0 Å². The summed E-state index contributed by atoms with van der Waals surface area (Å²) in [6, 6.07) is 38.4. The van der Waals surface area contributed by atoms with Gasteiger partial charge in [0, 0.05) is 74.3 Å². The molecule has 0 aliphatic carbocycles. The van der Waals surface area contributed by atoms with E-state index in [2.05, 4.69) is 10.6 Å². The molecule has 0 aliphatic heterocycles. The molecule has 0 spiro atoms. The highest BCUT2D eigenvalue weighted by atomic mass is 28.4. The van der Waals surface area contributed by atoms with Gasteiger partial charge in [0.15, 0.2) is 0 Å². The fourth-order valence-corrected chi connectivity index (χ4v) is 10.5. The van der Waals surface area contributed by atoms with Crippen LogP contribution in [0, 0.1) is 0 Å². The van der Waals surface area contributed by atoms with Gasteiger partial charge in [-0.3, -0.25) is 9.59 Å². The number of hydrogen-bond donors (Lipinski definition) is 4. The van der Waals surface area contributed by atoms with Gasteiger partial charge in [0.2, 0.25) is 0 Å². The molecule has 0 aliphatic rings. The zero-order valence-corrected chi connectivity index (χ0v) is 41.0. The Hall–Kier alpha value is -6.75. The number of carbonyl (C=O) groups excluding carboxylic acids is 2. The van der Waals surface area contributed by atoms with Gasteiger partial charge in [-0.15, -0.1) is 0 Å². The first-order valence-corrected chi connectivity index (χ1v) is 25.6. The van der Waals surface area contributed by atoms with Crippen LogP contribution in [-0.4, -0.2) is 69.6 Å². The van der Waals surface area contributed by atoms with E-state index >= 15 is 0 Å². The number of nitrogen functional groups attached to an aromatic ring is 2.